The van der Waals surface area contributed by atoms with E-state index in [1.807, 2.05) is 0 Å². The Bertz CT molecular complexity index is 815. The van der Waals surface area contributed by atoms with Crippen LogP contribution in [0.3, 0.4) is 0 Å². The van der Waals surface area contributed by atoms with Crippen LogP contribution in [0.5, 0.6) is 0 Å². The molecule has 0 aliphatic carbocycles. The van der Waals surface area contributed by atoms with Gasteiger partial charge in [-0.25, -0.2) is 10.5 Å². The molecule has 1 saturated heterocycles. The van der Waals surface area contributed by atoms with E-state index in [0.29, 0.717) is 29.3 Å². The first-order chi connectivity index (χ1) is 12.7. The minimum absolute atomic E-state index is 0.269. The topological polar surface area (TPSA) is 104 Å². The third kappa shape index (κ3) is 4.45. The van der Waals surface area contributed by atoms with E-state index >= 15 is 0 Å². The van der Waals surface area contributed by atoms with Crippen LogP contribution in [0.15, 0.2) is 36.5 Å². The third-order valence-corrected chi connectivity index (χ3v) is 4.79. The number of benzene rings is 1. The number of amides is 2. The number of morpholine rings is 1. The van der Waals surface area contributed by atoms with Crippen molar-refractivity contribution in [1.29, 1.82) is 0 Å². The van der Waals surface area contributed by atoms with Gasteiger partial charge in [-0.05, 0) is 17.7 Å². The van der Waals surface area contributed by atoms with Crippen molar-refractivity contribution in [3.05, 3.63) is 47.0 Å². The Hall–Kier alpha value is -2.75. The number of nitrogens with zero attached hydrogens (tertiary/aromatic N) is 2. The van der Waals surface area contributed by atoms with Gasteiger partial charge < -0.3 is 15.0 Å². The highest BCUT2D eigenvalue weighted by Crippen LogP contribution is 2.25. The molecule has 0 spiro atoms. The molecule has 9 heteroatoms. The summed E-state index contributed by atoms with van der Waals surface area (Å²) in [5.41, 5.74) is 2.72. The average Bonchev–Trinajstić information content (AvgIpc) is 3.18. The molecule has 1 aromatic heterocycles. The Kier molecular flexibility index (Phi) is 5.95. The molecule has 1 aromatic carbocycles. The predicted octanol–water partition coefficient (Wildman–Crippen LogP) is 1.75. The number of aromatic nitrogens is 1. The summed E-state index contributed by atoms with van der Waals surface area (Å²) in [4.78, 5) is 30.6. The zero-order valence-electron chi connectivity index (χ0n) is 13.8. The second-order valence-electron chi connectivity index (χ2n) is 5.46. The van der Waals surface area contributed by atoms with E-state index in [1.54, 1.807) is 30.5 Å². The zero-order valence-corrected chi connectivity index (χ0v) is 14.7. The van der Waals surface area contributed by atoms with E-state index in [4.69, 9.17) is 9.94 Å². The van der Waals surface area contributed by atoms with Crippen molar-refractivity contribution in [3.63, 3.8) is 0 Å². The van der Waals surface area contributed by atoms with Crippen LogP contribution in [0, 0.1) is 0 Å². The average molecular weight is 374 g/mol. The van der Waals surface area contributed by atoms with E-state index in [-0.39, 0.29) is 5.91 Å². The summed E-state index contributed by atoms with van der Waals surface area (Å²) in [6.45, 7) is 2.83. The SMILES string of the molecule is O=C(/C=C/c1ccccc1NC(=O)c1cnc(N2CCOCC2)s1)NO. The zero-order chi connectivity index (χ0) is 18.4. The number of nitrogens with one attached hydrogen (secondary N) is 2. The van der Waals surface area contributed by atoms with Gasteiger partial charge in [-0.2, -0.15) is 0 Å². The lowest BCUT2D eigenvalue weighted by Crippen LogP contribution is -2.36. The lowest BCUT2D eigenvalue weighted by atomic mass is 10.1. The summed E-state index contributed by atoms with van der Waals surface area (Å²) >= 11 is 1.33. The van der Waals surface area contributed by atoms with Crippen LogP contribution in [0.2, 0.25) is 0 Å². The Morgan fingerprint density at radius 1 is 1.27 bits per heavy atom. The highest BCUT2D eigenvalue weighted by molar-refractivity contribution is 7.17. The van der Waals surface area contributed by atoms with Crippen LogP contribution in [0.25, 0.3) is 6.08 Å². The number of rotatable bonds is 5. The third-order valence-electron chi connectivity index (χ3n) is 3.73. The molecular weight excluding hydrogens is 356 g/mol. The Morgan fingerprint density at radius 2 is 2.04 bits per heavy atom. The van der Waals surface area contributed by atoms with Gasteiger partial charge in [0.15, 0.2) is 5.13 Å². The van der Waals surface area contributed by atoms with Gasteiger partial charge in [-0.1, -0.05) is 29.5 Å². The molecule has 0 saturated carbocycles. The monoisotopic (exact) mass is 374 g/mol. The molecule has 1 aliphatic heterocycles. The van der Waals surface area contributed by atoms with Crippen molar-refractivity contribution in [2.45, 2.75) is 0 Å². The maximum Gasteiger partial charge on any atom is 0.267 e. The minimum Gasteiger partial charge on any atom is -0.378 e. The number of ether oxygens (including phenoxy) is 1. The molecule has 0 atom stereocenters. The van der Waals surface area contributed by atoms with Crippen LogP contribution >= 0.6 is 11.3 Å². The number of hydrogen-bond acceptors (Lipinski definition) is 7. The molecule has 3 N–H and O–H groups in total. The first kappa shape index (κ1) is 18.1. The number of hydroxylamine groups is 1. The molecular formula is C17H18N4O4S. The normalized spacial score (nSPS) is 14.4. The number of anilines is 2. The molecule has 26 heavy (non-hydrogen) atoms. The summed E-state index contributed by atoms with van der Waals surface area (Å²) in [5.74, 6) is -0.918. The smallest absolute Gasteiger partial charge is 0.267 e. The molecule has 0 bridgehead atoms. The summed E-state index contributed by atoms with van der Waals surface area (Å²) < 4.78 is 5.32. The molecule has 2 amide bonds. The molecule has 2 heterocycles. The van der Waals surface area contributed by atoms with E-state index in [1.165, 1.54) is 29.0 Å². The van der Waals surface area contributed by atoms with E-state index in [9.17, 15) is 9.59 Å². The fourth-order valence-corrected chi connectivity index (χ4v) is 3.28. The van der Waals surface area contributed by atoms with Crippen LogP contribution in [0.1, 0.15) is 15.2 Å². The summed E-state index contributed by atoms with van der Waals surface area (Å²) in [7, 11) is 0. The number of para-hydroxylation sites is 1. The quantitative estimate of drug-likeness (QED) is 0.418. The lowest BCUT2D eigenvalue weighted by molar-refractivity contribution is -0.124. The van der Waals surface area contributed by atoms with E-state index < -0.39 is 5.91 Å². The Morgan fingerprint density at radius 3 is 2.81 bits per heavy atom. The molecule has 2 aromatic rings. The van der Waals surface area contributed by atoms with Crippen molar-refractivity contribution >= 4 is 40.0 Å². The van der Waals surface area contributed by atoms with Gasteiger partial charge >= 0.3 is 0 Å². The van der Waals surface area contributed by atoms with Gasteiger partial charge in [0.25, 0.3) is 11.8 Å². The fourth-order valence-electron chi connectivity index (χ4n) is 2.41. The summed E-state index contributed by atoms with van der Waals surface area (Å²) in [5, 5.41) is 12.2. The van der Waals surface area contributed by atoms with Gasteiger partial charge in [0, 0.05) is 24.9 Å². The number of hydrogen-bond donors (Lipinski definition) is 3. The predicted molar refractivity (Wildman–Crippen MR) is 98.5 cm³/mol. The second kappa shape index (κ2) is 8.56. The largest absolute Gasteiger partial charge is 0.378 e. The van der Waals surface area contributed by atoms with Gasteiger partial charge in [0.1, 0.15) is 4.88 Å². The van der Waals surface area contributed by atoms with Gasteiger partial charge in [0.2, 0.25) is 0 Å². The molecule has 1 fully saturated rings. The first-order valence-electron chi connectivity index (χ1n) is 7.98. The number of carbonyl (C=O) groups is 2. The molecule has 136 valence electrons. The van der Waals surface area contributed by atoms with Crippen molar-refractivity contribution < 1.29 is 19.5 Å². The standard InChI is InChI=1S/C17H18N4O4S/c22-15(20-24)6-5-12-3-1-2-4-13(12)19-16(23)14-11-18-17(26-14)21-7-9-25-10-8-21/h1-6,11,24H,7-10H2,(H,19,23)(H,20,22)/b6-5+. The Labute approximate surface area is 154 Å². The lowest BCUT2D eigenvalue weighted by Gasteiger charge is -2.25. The van der Waals surface area contributed by atoms with Crippen LogP contribution in [0.4, 0.5) is 10.8 Å². The van der Waals surface area contributed by atoms with Crippen LogP contribution < -0.4 is 15.7 Å². The molecule has 3 rings (SSSR count). The van der Waals surface area contributed by atoms with Crippen molar-refractivity contribution in [3.8, 4) is 0 Å². The van der Waals surface area contributed by atoms with Crippen LogP contribution in [-0.4, -0.2) is 48.3 Å². The summed E-state index contributed by atoms with van der Waals surface area (Å²) in [6, 6.07) is 7.06. The second-order valence-corrected chi connectivity index (χ2v) is 6.47. The molecule has 0 radical (unpaired) electrons. The van der Waals surface area contributed by atoms with Crippen LogP contribution in [-0.2, 0) is 9.53 Å². The van der Waals surface area contributed by atoms with E-state index in [0.717, 1.165) is 18.2 Å². The molecule has 8 nitrogen and oxygen atoms in total. The number of carbonyl (C=O) groups excluding carboxylic acids is 2. The molecule has 1 aliphatic rings. The number of thiazole rings is 1. The Balaban J connectivity index is 1.71. The van der Waals surface area contributed by atoms with E-state index in [2.05, 4.69) is 15.2 Å². The van der Waals surface area contributed by atoms with Crippen molar-refractivity contribution in [1.82, 2.24) is 10.5 Å². The van der Waals surface area contributed by atoms with Gasteiger partial charge in [-0.3, -0.25) is 14.8 Å². The van der Waals surface area contributed by atoms with Gasteiger partial charge in [-0.15, -0.1) is 0 Å². The maximum atomic E-state index is 12.5. The highest BCUT2D eigenvalue weighted by Gasteiger charge is 2.18. The molecule has 0 unspecified atom stereocenters. The van der Waals surface area contributed by atoms with Gasteiger partial charge in [0.05, 0.1) is 19.4 Å². The van der Waals surface area contributed by atoms with Crippen molar-refractivity contribution in [2.24, 2.45) is 0 Å². The highest BCUT2D eigenvalue weighted by atomic mass is 32.1. The van der Waals surface area contributed by atoms with Crippen molar-refractivity contribution in [2.75, 3.05) is 36.5 Å². The summed E-state index contributed by atoms with van der Waals surface area (Å²) in [6.07, 6.45) is 4.24. The minimum atomic E-state index is -0.649. The fraction of sp³-hybridized carbons (Fsp3) is 0.235. The maximum absolute atomic E-state index is 12.5. The first-order valence-corrected chi connectivity index (χ1v) is 8.80.